The average molecular weight is 188 g/mol. The van der Waals surface area contributed by atoms with Gasteiger partial charge in [-0.1, -0.05) is 11.6 Å². The van der Waals surface area contributed by atoms with Gasteiger partial charge in [-0.05, 0) is 23.7 Å². The molecule has 0 radical (unpaired) electrons. The maximum absolute atomic E-state index is 12.7. The SMILES string of the molecule is Fc1cc(Cl)c2cnsc2c1. The van der Waals surface area contributed by atoms with Gasteiger partial charge in [-0.2, -0.15) is 4.37 Å². The van der Waals surface area contributed by atoms with E-state index in [1.54, 1.807) is 6.20 Å². The number of nitrogens with zero attached hydrogens (tertiary/aromatic N) is 1. The summed E-state index contributed by atoms with van der Waals surface area (Å²) in [4.78, 5) is 0. The molecule has 4 heteroatoms. The summed E-state index contributed by atoms with van der Waals surface area (Å²) in [6, 6.07) is 2.72. The predicted octanol–water partition coefficient (Wildman–Crippen LogP) is 3.09. The van der Waals surface area contributed by atoms with Crippen LogP contribution in [-0.4, -0.2) is 4.37 Å². The Balaban J connectivity index is 2.91. The van der Waals surface area contributed by atoms with Crippen molar-refractivity contribution in [3.05, 3.63) is 29.2 Å². The summed E-state index contributed by atoms with van der Waals surface area (Å²) in [5, 5.41) is 1.24. The van der Waals surface area contributed by atoms with Crippen molar-refractivity contribution in [3.8, 4) is 0 Å². The van der Waals surface area contributed by atoms with Crippen molar-refractivity contribution in [2.45, 2.75) is 0 Å². The van der Waals surface area contributed by atoms with Gasteiger partial charge in [0.05, 0.1) is 15.9 Å². The first-order valence-electron chi connectivity index (χ1n) is 2.97. The Kier molecular flexibility index (Phi) is 1.55. The lowest BCUT2D eigenvalue weighted by molar-refractivity contribution is 0.630. The van der Waals surface area contributed by atoms with E-state index >= 15 is 0 Å². The molecular formula is C7H3ClFNS. The highest BCUT2D eigenvalue weighted by Crippen LogP contribution is 2.26. The highest BCUT2D eigenvalue weighted by Gasteiger charge is 2.02. The molecular weight excluding hydrogens is 185 g/mol. The van der Waals surface area contributed by atoms with Crippen LogP contribution < -0.4 is 0 Å². The first-order valence-corrected chi connectivity index (χ1v) is 4.12. The summed E-state index contributed by atoms with van der Waals surface area (Å²) in [5.41, 5.74) is 0. The Bertz CT molecular complexity index is 398. The van der Waals surface area contributed by atoms with Crippen LogP contribution in [0.4, 0.5) is 4.39 Å². The largest absolute Gasteiger partial charge is 0.207 e. The summed E-state index contributed by atoms with van der Waals surface area (Å²) in [7, 11) is 0. The van der Waals surface area contributed by atoms with Crippen molar-refractivity contribution in [3.63, 3.8) is 0 Å². The third-order valence-corrected chi connectivity index (χ3v) is 2.45. The Hall–Kier alpha value is -0.670. The van der Waals surface area contributed by atoms with Crippen molar-refractivity contribution in [1.82, 2.24) is 4.37 Å². The molecule has 0 spiro atoms. The predicted molar refractivity (Wildman–Crippen MR) is 44.6 cm³/mol. The first-order chi connectivity index (χ1) is 5.27. The molecule has 0 amide bonds. The minimum absolute atomic E-state index is 0.313. The van der Waals surface area contributed by atoms with Gasteiger partial charge in [0.15, 0.2) is 0 Å². The zero-order chi connectivity index (χ0) is 7.84. The van der Waals surface area contributed by atoms with Gasteiger partial charge in [-0.3, -0.25) is 0 Å². The second-order valence-corrected chi connectivity index (χ2v) is 3.37. The Morgan fingerprint density at radius 3 is 3.09 bits per heavy atom. The summed E-state index contributed by atoms with van der Waals surface area (Å²) in [6.07, 6.45) is 1.64. The van der Waals surface area contributed by atoms with Crippen LogP contribution in [0.25, 0.3) is 10.1 Å². The van der Waals surface area contributed by atoms with Gasteiger partial charge in [0.2, 0.25) is 0 Å². The van der Waals surface area contributed by atoms with E-state index in [9.17, 15) is 4.39 Å². The molecule has 1 nitrogen and oxygen atoms in total. The van der Waals surface area contributed by atoms with E-state index in [4.69, 9.17) is 11.6 Å². The minimum atomic E-state index is -0.313. The van der Waals surface area contributed by atoms with Crippen LogP contribution in [0.3, 0.4) is 0 Å². The van der Waals surface area contributed by atoms with Crippen LogP contribution in [0.2, 0.25) is 5.02 Å². The standard InChI is InChI=1S/C7H3ClFNS/c8-6-1-4(9)2-7-5(6)3-10-11-7/h1-3H. The monoisotopic (exact) mass is 187 g/mol. The fraction of sp³-hybridized carbons (Fsp3) is 0. The van der Waals surface area contributed by atoms with Gasteiger partial charge in [-0.15, -0.1) is 0 Å². The van der Waals surface area contributed by atoms with Crippen LogP contribution in [0.1, 0.15) is 0 Å². The number of halogens is 2. The summed E-state index contributed by atoms with van der Waals surface area (Å²) >= 11 is 6.97. The quantitative estimate of drug-likeness (QED) is 0.618. The fourth-order valence-electron chi connectivity index (χ4n) is 0.898. The Labute approximate surface area is 71.6 Å². The van der Waals surface area contributed by atoms with Gasteiger partial charge in [0.25, 0.3) is 0 Å². The second kappa shape index (κ2) is 2.43. The molecule has 0 aliphatic heterocycles. The van der Waals surface area contributed by atoms with E-state index in [-0.39, 0.29) is 5.82 Å². The molecule has 0 atom stereocenters. The van der Waals surface area contributed by atoms with Crippen molar-refractivity contribution in [1.29, 1.82) is 0 Å². The van der Waals surface area contributed by atoms with E-state index in [0.717, 1.165) is 10.1 Å². The van der Waals surface area contributed by atoms with Crippen LogP contribution in [0.15, 0.2) is 18.3 Å². The summed E-state index contributed by atoms with van der Waals surface area (Å²) in [5.74, 6) is -0.313. The zero-order valence-corrected chi connectivity index (χ0v) is 6.92. The molecule has 1 aromatic carbocycles. The lowest BCUT2D eigenvalue weighted by atomic mass is 10.3. The number of hydrogen-bond donors (Lipinski definition) is 0. The summed E-state index contributed by atoms with van der Waals surface area (Å²) in [6.45, 7) is 0. The maximum Gasteiger partial charge on any atom is 0.126 e. The number of rotatable bonds is 0. The molecule has 56 valence electrons. The van der Waals surface area contributed by atoms with E-state index in [1.165, 1.54) is 23.7 Å². The molecule has 11 heavy (non-hydrogen) atoms. The maximum atomic E-state index is 12.7. The Morgan fingerprint density at radius 2 is 2.27 bits per heavy atom. The van der Waals surface area contributed by atoms with Gasteiger partial charge >= 0.3 is 0 Å². The summed E-state index contributed by atoms with van der Waals surface area (Å²) < 4.78 is 17.4. The highest BCUT2D eigenvalue weighted by atomic mass is 35.5. The highest BCUT2D eigenvalue weighted by molar-refractivity contribution is 7.13. The van der Waals surface area contributed by atoms with Crippen molar-refractivity contribution < 1.29 is 4.39 Å². The molecule has 0 N–H and O–H groups in total. The van der Waals surface area contributed by atoms with Gasteiger partial charge in [0, 0.05) is 5.39 Å². The fourth-order valence-corrected chi connectivity index (χ4v) is 1.91. The topological polar surface area (TPSA) is 12.9 Å². The van der Waals surface area contributed by atoms with Crippen LogP contribution in [0.5, 0.6) is 0 Å². The third kappa shape index (κ3) is 1.10. The molecule has 0 aliphatic rings. The van der Waals surface area contributed by atoms with E-state index in [1.807, 2.05) is 0 Å². The first kappa shape index (κ1) is 7.00. The lowest BCUT2D eigenvalue weighted by Crippen LogP contribution is -1.72. The van der Waals surface area contributed by atoms with Gasteiger partial charge in [-0.25, -0.2) is 4.39 Å². The van der Waals surface area contributed by atoms with Crippen molar-refractivity contribution in [2.75, 3.05) is 0 Å². The zero-order valence-electron chi connectivity index (χ0n) is 5.34. The van der Waals surface area contributed by atoms with Crippen LogP contribution >= 0.6 is 23.1 Å². The molecule has 0 saturated heterocycles. The molecule has 0 unspecified atom stereocenters. The number of hydrogen-bond acceptors (Lipinski definition) is 2. The second-order valence-electron chi connectivity index (χ2n) is 2.13. The van der Waals surface area contributed by atoms with E-state index in [0.29, 0.717) is 5.02 Å². The average Bonchev–Trinajstić information content (AvgIpc) is 2.34. The van der Waals surface area contributed by atoms with Gasteiger partial charge < -0.3 is 0 Å². The smallest absolute Gasteiger partial charge is 0.126 e. The lowest BCUT2D eigenvalue weighted by Gasteiger charge is -1.91. The Morgan fingerprint density at radius 1 is 1.45 bits per heavy atom. The van der Waals surface area contributed by atoms with E-state index in [2.05, 4.69) is 4.37 Å². The number of fused-ring (bicyclic) bond motifs is 1. The van der Waals surface area contributed by atoms with Gasteiger partial charge in [0.1, 0.15) is 5.82 Å². The number of aromatic nitrogens is 1. The minimum Gasteiger partial charge on any atom is -0.207 e. The molecule has 0 aliphatic carbocycles. The van der Waals surface area contributed by atoms with E-state index < -0.39 is 0 Å². The number of benzene rings is 1. The normalized spacial score (nSPS) is 10.7. The van der Waals surface area contributed by atoms with Crippen molar-refractivity contribution >= 4 is 33.2 Å². The molecule has 1 aromatic heterocycles. The van der Waals surface area contributed by atoms with Crippen LogP contribution in [0, 0.1) is 5.82 Å². The molecule has 1 heterocycles. The molecule has 2 aromatic rings. The molecule has 0 bridgehead atoms. The third-order valence-electron chi connectivity index (χ3n) is 1.39. The van der Waals surface area contributed by atoms with Crippen LogP contribution in [-0.2, 0) is 0 Å². The van der Waals surface area contributed by atoms with Crippen molar-refractivity contribution in [2.24, 2.45) is 0 Å². The molecule has 2 rings (SSSR count). The molecule has 0 fully saturated rings. The molecule has 0 saturated carbocycles.